The van der Waals surface area contributed by atoms with E-state index < -0.39 is 15.8 Å². The number of sulfone groups is 1. The van der Waals surface area contributed by atoms with E-state index in [-0.39, 0.29) is 23.3 Å². The number of hydrogen-bond acceptors (Lipinski definition) is 6. The van der Waals surface area contributed by atoms with Crippen LogP contribution in [0.15, 0.2) is 54.6 Å². The van der Waals surface area contributed by atoms with Crippen LogP contribution >= 0.6 is 0 Å². The van der Waals surface area contributed by atoms with Crippen molar-refractivity contribution in [2.75, 3.05) is 24.7 Å². The molecule has 1 N–H and O–H groups in total. The predicted molar refractivity (Wildman–Crippen MR) is 150 cm³/mol. The lowest BCUT2D eigenvalue weighted by Gasteiger charge is -2.16. The highest BCUT2D eigenvalue weighted by Gasteiger charge is 2.44. The Kier molecular flexibility index (Phi) is 7.84. The summed E-state index contributed by atoms with van der Waals surface area (Å²) in [5.41, 5.74) is 6.41. The Morgan fingerprint density at radius 1 is 1.05 bits per heavy atom. The summed E-state index contributed by atoms with van der Waals surface area (Å²) in [6, 6.07) is 17.9. The average Bonchev–Trinajstić information content (AvgIpc) is 3.74. The molecule has 1 aliphatic heterocycles. The van der Waals surface area contributed by atoms with Crippen molar-refractivity contribution in [2.45, 2.75) is 45.6 Å². The molecular formula is C31H34O7S. The maximum Gasteiger partial charge on any atom is 0.307 e. The molecule has 0 radical (unpaired) electrons. The van der Waals surface area contributed by atoms with Crippen LogP contribution in [0.1, 0.15) is 47.9 Å². The number of aryl methyl sites for hydroxylation is 1. The van der Waals surface area contributed by atoms with Crippen LogP contribution in [-0.2, 0) is 27.7 Å². The van der Waals surface area contributed by atoms with Crippen LogP contribution in [-0.4, -0.2) is 44.2 Å². The third-order valence-electron chi connectivity index (χ3n) is 7.46. The molecule has 0 saturated heterocycles. The molecule has 3 aromatic rings. The van der Waals surface area contributed by atoms with Crippen molar-refractivity contribution in [2.24, 2.45) is 5.92 Å². The summed E-state index contributed by atoms with van der Waals surface area (Å²) in [6.07, 6.45) is 1.91. The first kappa shape index (κ1) is 27.1. The zero-order chi connectivity index (χ0) is 27.6. The van der Waals surface area contributed by atoms with Crippen LogP contribution < -0.4 is 14.2 Å². The number of hydrogen-bond donors (Lipinski definition) is 1. The first-order valence-corrected chi connectivity index (χ1v) is 15.2. The minimum Gasteiger partial charge on any atom is -0.494 e. The van der Waals surface area contributed by atoms with Crippen molar-refractivity contribution in [3.63, 3.8) is 0 Å². The van der Waals surface area contributed by atoms with Crippen molar-refractivity contribution < 1.29 is 32.5 Å². The second kappa shape index (κ2) is 11.3. The lowest BCUT2D eigenvalue weighted by atomic mass is 9.92. The monoisotopic (exact) mass is 550 g/mol. The molecule has 1 fully saturated rings. The maximum absolute atomic E-state index is 11.7. The molecule has 1 heterocycles. The van der Waals surface area contributed by atoms with E-state index in [4.69, 9.17) is 19.3 Å². The van der Waals surface area contributed by atoms with E-state index in [1.54, 1.807) is 6.92 Å². The standard InChI is InChI=1S/C31H34O7S/c1-3-39(34,35)14-4-12-36-25-15-20(2)30-23(17-25)11-13-37-29-10-5-21(16-28(29)30)19-38-24-8-6-22(7-9-24)26-18-27(26)31(32)33/h5-10,15-17,26-27H,3-4,11-14,18-19H2,1-2H3,(H,32,33). The number of fused-ring (bicyclic) bond motifs is 3. The molecule has 8 heteroatoms. The summed E-state index contributed by atoms with van der Waals surface area (Å²) < 4.78 is 41.5. The number of aliphatic carboxylic acids is 1. The Bertz CT molecular complexity index is 1460. The minimum absolute atomic E-state index is 0.104. The normalized spacial score (nSPS) is 17.8. The highest BCUT2D eigenvalue weighted by Crippen LogP contribution is 2.47. The molecule has 5 rings (SSSR count). The van der Waals surface area contributed by atoms with Gasteiger partial charge in [-0.1, -0.05) is 25.1 Å². The Labute approximate surface area is 229 Å². The van der Waals surface area contributed by atoms with Gasteiger partial charge in [-0.3, -0.25) is 4.79 Å². The van der Waals surface area contributed by atoms with E-state index in [1.807, 2.05) is 48.5 Å². The van der Waals surface area contributed by atoms with Gasteiger partial charge in [0, 0.05) is 17.7 Å². The van der Waals surface area contributed by atoms with E-state index >= 15 is 0 Å². The fourth-order valence-electron chi connectivity index (χ4n) is 5.18. The van der Waals surface area contributed by atoms with Gasteiger partial charge in [-0.05, 0) is 89.9 Å². The summed E-state index contributed by atoms with van der Waals surface area (Å²) >= 11 is 0. The van der Waals surface area contributed by atoms with Crippen LogP contribution in [0.25, 0.3) is 11.1 Å². The fraction of sp³-hybridized carbons (Fsp3) is 0.387. The second-order valence-electron chi connectivity index (χ2n) is 10.3. The van der Waals surface area contributed by atoms with Gasteiger partial charge < -0.3 is 19.3 Å². The summed E-state index contributed by atoms with van der Waals surface area (Å²) in [6.45, 7) is 5.03. The van der Waals surface area contributed by atoms with Crippen LogP contribution in [0, 0.1) is 12.8 Å². The molecule has 0 spiro atoms. The molecular weight excluding hydrogens is 516 g/mol. The summed E-state index contributed by atoms with van der Waals surface area (Å²) in [4.78, 5) is 11.1. The van der Waals surface area contributed by atoms with Gasteiger partial charge in [0.25, 0.3) is 0 Å². The molecule has 0 bridgehead atoms. The van der Waals surface area contributed by atoms with Gasteiger partial charge in [0.2, 0.25) is 0 Å². The molecule has 206 valence electrons. The summed E-state index contributed by atoms with van der Waals surface area (Å²) in [7, 11) is -3.00. The van der Waals surface area contributed by atoms with E-state index in [0.717, 1.165) is 57.1 Å². The first-order valence-electron chi connectivity index (χ1n) is 13.4. The Morgan fingerprint density at radius 3 is 2.56 bits per heavy atom. The zero-order valence-electron chi connectivity index (χ0n) is 22.3. The Hall–Kier alpha value is -3.52. The smallest absolute Gasteiger partial charge is 0.307 e. The highest BCUT2D eigenvalue weighted by molar-refractivity contribution is 7.91. The highest BCUT2D eigenvalue weighted by atomic mass is 32.2. The molecule has 0 amide bonds. The topological polar surface area (TPSA) is 99.1 Å². The predicted octanol–water partition coefficient (Wildman–Crippen LogP) is 5.57. The lowest BCUT2D eigenvalue weighted by molar-refractivity contribution is -0.138. The molecule has 2 atom stereocenters. The fourth-order valence-corrected chi connectivity index (χ4v) is 6.02. The van der Waals surface area contributed by atoms with Gasteiger partial charge in [0.15, 0.2) is 0 Å². The van der Waals surface area contributed by atoms with Gasteiger partial charge in [-0.2, -0.15) is 0 Å². The third kappa shape index (κ3) is 6.38. The average molecular weight is 551 g/mol. The van der Waals surface area contributed by atoms with Crippen LogP contribution in [0.4, 0.5) is 0 Å². The van der Waals surface area contributed by atoms with E-state index in [0.29, 0.717) is 32.7 Å². The van der Waals surface area contributed by atoms with Crippen molar-refractivity contribution in [1.29, 1.82) is 0 Å². The largest absolute Gasteiger partial charge is 0.494 e. The van der Waals surface area contributed by atoms with Crippen molar-refractivity contribution in [3.8, 4) is 28.4 Å². The minimum atomic E-state index is -3.00. The van der Waals surface area contributed by atoms with Gasteiger partial charge in [0.1, 0.15) is 33.7 Å². The van der Waals surface area contributed by atoms with Gasteiger partial charge in [-0.25, -0.2) is 8.42 Å². The van der Waals surface area contributed by atoms with E-state index in [9.17, 15) is 13.2 Å². The third-order valence-corrected chi connectivity index (χ3v) is 9.25. The first-order chi connectivity index (χ1) is 18.7. The number of carboxylic acids is 1. The molecule has 2 aliphatic rings. The summed E-state index contributed by atoms with van der Waals surface area (Å²) in [5, 5.41) is 9.16. The lowest BCUT2D eigenvalue weighted by Crippen LogP contribution is -2.12. The number of carboxylic acid groups (broad SMARTS) is 1. The number of carbonyl (C=O) groups is 1. The number of ether oxygens (including phenoxy) is 3. The second-order valence-corrected chi connectivity index (χ2v) is 12.8. The molecule has 3 aromatic carbocycles. The SMILES string of the molecule is CCS(=O)(=O)CCCOc1cc(C)c2c(c1)CCOc1ccc(COc3ccc(C4CC4C(=O)O)cc3)cc1-2. The van der Waals surface area contributed by atoms with Gasteiger partial charge in [0.05, 0.1) is 24.9 Å². The molecule has 0 aromatic heterocycles. The van der Waals surface area contributed by atoms with Gasteiger partial charge >= 0.3 is 5.97 Å². The number of rotatable bonds is 11. The quantitative estimate of drug-likeness (QED) is 0.312. The molecule has 7 nitrogen and oxygen atoms in total. The molecule has 1 saturated carbocycles. The van der Waals surface area contributed by atoms with Crippen LogP contribution in [0.2, 0.25) is 0 Å². The molecule has 1 aliphatic carbocycles. The van der Waals surface area contributed by atoms with Crippen molar-refractivity contribution in [3.05, 3.63) is 76.9 Å². The number of benzene rings is 3. The Balaban J connectivity index is 1.27. The van der Waals surface area contributed by atoms with Gasteiger partial charge in [-0.15, -0.1) is 0 Å². The Morgan fingerprint density at radius 2 is 1.85 bits per heavy atom. The maximum atomic E-state index is 11.7. The van der Waals surface area contributed by atoms with Crippen molar-refractivity contribution >= 4 is 15.8 Å². The van der Waals surface area contributed by atoms with Crippen LogP contribution in [0.3, 0.4) is 0 Å². The molecule has 39 heavy (non-hydrogen) atoms. The van der Waals surface area contributed by atoms with E-state index in [1.165, 1.54) is 0 Å². The molecule has 2 unspecified atom stereocenters. The van der Waals surface area contributed by atoms with E-state index in [2.05, 4.69) is 13.0 Å². The summed E-state index contributed by atoms with van der Waals surface area (Å²) in [5.74, 6) is 1.71. The van der Waals surface area contributed by atoms with Crippen LogP contribution in [0.5, 0.6) is 17.2 Å². The zero-order valence-corrected chi connectivity index (χ0v) is 23.1. The van der Waals surface area contributed by atoms with Crippen molar-refractivity contribution in [1.82, 2.24) is 0 Å².